The summed E-state index contributed by atoms with van der Waals surface area (Å²) >= 11 is 12.4. The second-order valence-electron chi connectivity index (χ2n) is 6.67. The maximum absolute atomic E-state index is 11.3. The van der Waals surface area contributed by atoms with E-state index in [0.29, 0.717) is 15.8 Å². The molecular formula is C18H24Cl2N2O. The van der Waals surface area contributed by atoms with E-state index in [1.807, 2.05) is 18.2 Å². The molecule has 3 rings (SSSR count). The largest absolute Gasteiger partial charge is 0.368 e. The van der Waals surface area contributed by atoms with Gasteiger partial charge in [0, 0.05) is 39.0 Å². The number of piperazine rings is 1. The van der Waals surface area contributed by atoms with Gasteiger partial charge < -0.3 is 4.90 Å². The number of hydrogen-bond acceptors (Lipinski definition) is 3. The molecule has 1 aromatic carbocycles. The molecule has 0 atom stereocenters. The van der Waals surface area contributed by atoms with Crippen LogP contribution in [0, 0.1) is 5.92 Å². The van der Waals surface area contributed by atoms with E-state index in [9.17, 15) is 4.79 Å². The van der Waals surface area contributed by atoms with Gasteiger partial charge in [0.25, 0.3) is 0 Å². The molecule has 2 fully saturated rings. The Hall–Kier alpha value is -0.770. The molecule has 3 nitrogen and oxygen atoms in total. The zero-order valence-corrected chi connectivity index (χ0v) is 15.0. The summed E-state index contributed by atoms with van der Waals surface area (Å²) in [7, 11) is 0. The topological polar surface area (TPSA) is 23.6 Å². The number of anilines is 1. The van der Waals surface area contributed by atoms with Gasteiger partial charge in [-0.1, -0.05) is 29.3 Å². The fraction of sp³-hybridized carbons (Fsp3) is 0.611. The molecule has 23 heavy (non-hydrogen) atoms. The lowest BCUT2D eigenvalue weighted by Crippen LogP contribution is -2.47. The van der Waals surface area contributed by atoms with Crippen LogP contribution in [0.4, 0.5) is 5.69 Å². The van der Waals surface area contributed by atoms with Crippen LogP contribution in [0.5, 0.6) is 0 Å². The molecule has 1 heterocycles. The predicted octanol–water partition coefficient (Wildman–Crippen LogP) is 4.26. The highest BCUT2D eigenvalue weighted by molar-refractivity contribution is 6.43. The molecule has 1 aliphatic heterocycles. The second-order valence-corrected chi connectivity index (χ2v) is 7.46. The first kappa shape index (κ1) is 17.1. The van der Waals surface area contributed by atoms with Crippen LogP contribution in [-0.4, -0.2) is 43.4 Å². The van der Waals surface area contributed by atoms with Gasteiger partial charge in [0.2, 0.25) is 0 Å². The molecule has 0 amide bonds. The van der Waals surface area contributed by atoms with Gasteiger partial charge in [-0.2, -0.15) is 0 Å². The Morgan fingerprint density at radius 2 is 1.74 bits per heavy atom. The average molecular weight is 355 g/mol. The smallest absolute Gasteiger partial charge is 0.132 e. The normalized spacial score (nSPS) is 21.0. The Kier molecular flexibility index (Phi) is 5.84. The summed E-state index contributed by atoms with van der Waals surface area (Å²) in [5, 5.41) is 1.29. The highest BCUT2D eigenvalue weighted by Crippen LogP contribution is 2.33. The average Bonchev–Trinajstić information content (AvgIpc) is 2.57. The van der Waals surface area contributed by atoms with Gasteiger partial charge in [0.1, 0.15) is 5.78 Å². The molecule has 2 aliphatic rings. The third kappa shape index (κ3) is 4.40. The Bertz CT molecular complexity index is 546. The van der Waals surface area contributed by atoms with Gasteiger partial charge in [-0.25, -0.2) is 0 Å². The van der Waals surface area contributed by atoms with Gasteiger partial charge >= 0.3 is 0 Å². The third-order valence-electron chi connectivity index (χ3n) is 5.16. The fourth-order valence-electron chi connectivity index (χ4n) is 3.60. The van der Waals surface area contributed by atoms with E-state index in [1.54, 1.807) is 0 Å². The first-order valence-corrected chi connectivity index (χ1v) is 9.32. The van der Waals surface area contributed by atoms with Crippen LogP contribution >= 0.6 is 23.2 Å². The highest BCUT2D eigenvalue weighted by Gasteiger charge is 2.22. The van der Waals surface area contributed by atoms with Crippen molar-refractivity contribution in [3.05, 3.63) is 28.2 Å². The second kappa shape index (κ2) is 7.87. The minimum absolute atomic E-state index is 0.452. The monoisotopic (exact) mass is 354 g/mol. The van der Waals surface area contributed by atoms with Gasteiger partial charge in [-0.3, -0.25) is 9.69 Å². The van der Waals surface area contributed by atoms with Crippen LogP contribution in [0.3, 0.4) is 0 Å². The number of carbonyl (C=O) groups excluding carboxylic acids is 1. The quantitative estimate of drug-likeness (QED) is 0.806. The summed E-state index contributed by atoms with van der Waals surface area (Å²) in [6.07, 6.45) is 5.01. The van der Waals surface area contributed by atoms with E-state index in [4.69, 9.17) is 23.2 Å². The molecule has 1 aromatic rings. The van der Waals surface area contributed by atoms with Crippen molar-refractivity contribution in [3.8, 4) is 0 Å². The van der Waals surface area contributed by atoms with Gasteiger partial charge in [-0.05, 0) is 43.9 Å². The molecular weight excluding hydrogens is 331 g/mol. The van der Waals surface area contributed by atoms with Gasteiger partial charge in [0.05, 0.1) is 15.7 Å². The summed E-state index contributed by atoms with van der Waals surface area (Å²) < 4.78 is 0. The summed E-state index contributed by atoms with van der Waals surface area (Å²) in [6, 6.07) is 5.84. The molecule has 0 bridgehead atoms. The molecule has 1 saturated heterocycles. The summed E-state index contributed by atoms with van der Waals surface area (Å²) in [5.74, 6) is 1.20. The van der Waals surface area contributed by atoms with Crippen molar-refractivity contribution in [2.75, 3.05) is 37.6 Å². The minimum Gasteiger partial charge on any atom is -0.368 e. The van der Waals surface area contributed by atoms with Crippen molar-refractivity contribution in [2.45, 2.75) is 32.1 Å². The molecule has 126 valence electrons. The standard InChI is InChI=1S/C18H24Cl2N2O/c19-16-2-1-3-17(18(16)20)22-12-10-21(11-13-22)9-8-14-4-6-15(23)7-5-14/h1-3,14H,4-13H2. The van der Waals surface area contributed by atoms with Crippen LogP contribution in [0.15, 0.2) is 18.2 Å². The van der Waals surface area contributed by atoms with Crippen molar-refractivity contribution in [1.82, 2.24) is 4.90 Å². The minimum atomic E-state index is 0.452. The first-order chi connectivity index (χ1) is 11.1. The molecule has 0 unspecified atom stereocenters. The lowest BCUT2D eigenvalue weighted by Gasteiger charge is -2.37. The van der Waals surface area contributed by atoms with E-state index >= 15 is 0 Å². The molecule has 0 radical (unpaired) electrons. The Labute approximate surface area is 148 Å². The maximum Gasteiger partial charge on any atom is 0.132 e. The van der Waals surface area contributed by atoms with Gasteiger partial charge in [0.15, 0.2) is 0 Å². The van der Waals surface area contributed by atoms with Crippen LogP contribution in [-0.2, 0) is 4.79 Å². The number of rotatable bonds is 4. The van der Waals surface area contributed by atoms with Crippen molar-refractivity contribution in [3.63, 3.8) is 0 Å². The number of carbonyl (C=O) groups is 1. The zero-order valence-electron chi connectivity index (χ0n) is 13.4. The van der Waals surface area contributed by atoms with Crippen molar-refractivity contribution >= 4 is 34.7 Å². The summed E-state index contributed by atoms with van der Waals surface area (Å²) in [6.45, 7) is 5.26. The van der Waals surface area contributed by atoms with E-state index < -0.39 is 0 Å². The Morgan fingerprint density at radius 3 is 2.43 bits per heavy atom. The number of nitrogens with zero attached hydrogens (tertiary/aromatic N) is 2. The molecule has 1 saturated carbocycles. The maximum atomic E-state index is 11.3. The summed E-state index contributed by atoms with van der Waals surface area (Å²) in [4.78, 5) is 16.2. The SMILES string of the molecule is O=C1CCC(CCN2CCN(c3cccc(Cl)c3Cl)CC2)CC1. The number of Topliss-reactive ketones (excluding diaryl/α,β-unsaturated/α-hetero) is 1. The Balaban J connectivity index is 1.45. The molecule has 5 heteroatoms. The molecule has 0 spiro atoms. The number of halogens is 2. The van der Waals surface area contributed by atoms with Gasteiger partial charge in [-0.15, -0.1) is 0 Å². The fourth-order valence-corrected chi connectivity index (χ4v) is 4.02. The van der Waals surface area contributed by atoms with Crippen molar-refractivity contribution < 1.29 is 4.79 Å². The van der Waals surface area contributed by atoms with E-state index in [1.165, 1.54) is 6.42 Å². The van der Waals surface area contributed by atoms with Crippen LogP contribution < -0.4 is 4.90 Å². The summed E-state index contributed by atoms with van der Waals surface area (Å²) in [5.41, 5.74) is 1.05. The van der Waals surface area contributed by atoms with E-state index in [-0.39, 0.29) is 0 Å². The molecule has 0 aromatic heterocycles. The predicted molar refractivity (Wildman–Crippen MR) is 96.7 cm³/mol. The van der Waals surface area contributed by atoms with Crippen molar-refractivity contribution in [2.24, 2.45) is 5.92 Å². The van der Waals surface area contributed by atoms with Crippen LogP contribution in [0.2, 0.25) is 10.0 Å². The van der Waals surface area contributed by atoms with E-state index in [2.05, 4.69) is 9.80 Å². The lowest BCUT2D eigenvalue weighted by atomic mass is 9.86. The zero-order chi connectivity index (χ0) is 16.2. The van der Waals surface area contributed by atoms with Crippen molar-refractivity contribution in [1.29, 1.82) is 0 Å². The highest BCUT2D eigenvalue weighted by atomic mass is 35.5. The molecule has 0 N–H and O–H groups in total. The number of benzene rings is 1. The molecule has 1 aliphatic carbocycles. The van der Waals surface area contributed by atoms with E-state index in [0.717, 1.165) is 70.0 Å². The third-order valence-corrected chi connectivity index (χ3v) is 5.97. The lowest BCUT2D eigenvalue weighted by molar-refractivity contribution is -0.121. The number of hydrogen-bond donors (Lipinski definition) is 0. The first-order valence-electron chi connectivity index (χ1n) is 8.56. The Morgan fingerprint density at radius 1 is 1.04 bits per heavy atom. The van der Waals surface area contributed by atoms with Crippen LogP contribution in [0.25, 0.3) is 0 Å². The van der Waals surface area contributed by atoms with Crippen LogP contribution in [0.1, 0.15) is 32.1 Å². The number of ketones is 1.